The van der Waals surface area contributed by atoms with E-state index in [0.717, 1.165) is 24.3 Å². The second-order valence-electron chi connectivity index (χ2n) is 5.05. The zero-order chi connectivity index (χ0) is 15.1. The van der Waals surface area contributed by atoms with E-state index in [1.807, 2.05) is 6.07 Å². The van der Waals surface area contributed by atoms with Crippen LogP contribution in [0.15, 0.2) is 30.3 Å². The number of rotatable bonds is 7. The first kappa shape index (κ1) is 15.6. The Kier molecular flexibility index (Phi) is 5.87. The van der Waals surface area contributed by atoms with Gasteiger partial charge in [-0.3, -0.25) is 9.89 Å². The summed E-state index contributed by atoms with van der Waals surface area (Å²) in [5, 5.41) is 9.83. The van der Waals surface area contributed by atoms with Crippen molar-refractivity contribution in [2.75, 3.05) is 11.1 Å². The van der Waals surface area contributed by atoms with Gasteiger partial charge in [-0.1, -0.05) is 43.2 Å². The number of hydrogen-bond donors (Lipinski definition) is 2. The predicted molar refractivity (Wildman–Crippen MR) is 88.6 cm³/mol. The summed E-state index contributed by atoms with van der Waals surface area (Å²) in [6.45, 7) is 4.18. The van der Waals surface area contributed by atoms with Crippen molar-refractivity contribution in [2.45, 2.75) is 32.4 Å². The summed E-state index contributed by atoms with van der Waals surface area (Å²) in [4.78, 5) is 11.8. The zero-order valence-corrected chi connectivity index (χ0v) is 13.3. The minimum Gasteiger partial charge on any atom is -0.308 e. The van der Waals surface area contributed by atoms with E-state index in [2.05, 4.69) is 53.6 Å². The maximum atomic E-state index is 11.8. The maximum Gasteiger partial charge on any atom is 0.235 e. The van der Waals surface area contributed by atoms with Crippen LogP contribution < -0.4 is 5.32 Å². The van der Waals surface area contributed by atoms with Gasteiger partial charge in [0.15, 0.2) is 5.82 Å². The van der Waals surface area contributed by atoms with Gasteiger partial charge in [-0.25, -0.2) is 0 Å². The number of benzene rings is 1. The van der Waals surface area contributed by atoms with Crippen LogP contribution in [0.1, 0.15) is 30.2 Å². The third-order valence-electron chi connectivity index (χ3n) is 3.04. The Bertz CT molecular complexity index is 577. The minimum atomic E-state index is -0.0124. The van der Waals surface area contributed by atoms with Gasteiger partial charge in [0, 0.05) is 17.5 Å². The van der Waals surface area contributed by atoms with Gasteiger partial charge in [0.2, 0.25) is 5.91 Å². The van der Waals surface area contributed by atoms with Gasteiger partial charge in [-0.05, 0) is 18.9 Å². The number of anilines is 1. The molecule has 2 rings (SSSR count). The largest absolute Gasteiger partial charge is 0.308 e. The lowest BCUT2D eigenvalue weighted by Gasteiger charge is -2.03. The topological polar surface area (TPSA) is 57.8 Å². The second kappa shape index (κ2) is 7.88. The summed E-state index contributed by atoms with van der Waals surface area (Å²) in [6, 6.07) is 10.3. The predicted octanol–water partition coefficient (Wildman–Crippen LogP) is 3.54. The van der Waals surface area contributed by atoms with E-state index in [1.165, 1.54) is 11.1 Å². The third-order valence-corrected chi connectivity index (χ3v) is 4.04. The lowest BCUT2D eigenvalue weighted by Crippen LogP contribution is -2.14. The number of thioether (sulfide) groups is 1. The van der Waals surface area contributed by atoms with Crippen molar-refractivity contribution in [1.82, 2.24) is 10.2 Å². The molecule has 0 aliphatic carbocycles. The fraction of sp³-hybridized carbons (Fsp3) is 0.375. The molecule has 112 valence electrons. The molecule has 0 saturated heterocycles. The van der Waals surface area contributed by atoms with Gasteiger partial charge in [0.1, 0.15) is 0 Å². The van der Waals surface area contributed by atoms with Crippen LogP contribution in [-0.2, 0) is 17.0 Å². The van der Waals surface area contributed by atoms with E-state index in [4.69, 9.17) is 0 Å². The number of carbonyl (C=O) groups is 1. The normalized spacial score (nSPS) is 10.6. The smallest absolute Gasteiger partial charge is 0.235 e. The highest BCUT2D eigenvalue weighted by Crippen LogP contribution is 2.14. The summed E-state index contributed by atoms with van der Waals surface area (Å²) >= 11 is 1.61. The van der Waals surface area contributed by atoms with Crippen molar-refractivity contribution in [3.63, 3.8) is 0 Å². The Morgan fingerprint density at radius 3 is 2.81 bits per heavy atom. The van der Waals surface area contributed by atoms with E-state index < -0.39 is 0 Å². The van der Waals surface area contributed by atoms with E-state index in [0.29, 0.717) is 11.6 Å². The lowest BCUT2D eigenvalue weighted by atomic mass is 10.2. The number of amides is 1. The molecule has 0 aliphatic rings. The van der Waals surface area contributed by atoms with Crippen LogP contribution in [0.2, 0.25) is 0 Å². The summed E-state index contributed by atoms with van der Waals surface area (Å²) in [7, 11) is 0. The fourth-order valence-electron chi connectivity index (χ4n) is 1.95. The highest BCUT2D eigenvalue weighted by molar-refractivity contribution is 7.99. The zero-order valence-electron chi connectivity index (χ0n) is 12.5. The van der Waals surface area contributed by atoms with Crippen LogP contribution in [-0.4, -0.2) is 21.9 Å². The molecule has 0 saturated carbocycles. The molecule has 0 unspecified atom stereocenters. The third kappa shape index (κ3) is 5.27. The summed E-state index contributed by atoms with van der Waals surface area (Å²) in [5.74, 6) is 1.88. The molecular formula is C16H21N3OS. The molecule has 0 spiro atoms. The van der Waals surface area contributed by atoms with Crippen molar-refractivity contribution in [2.24, 2.45) is 0 Å². The Balaban J connectivity index is 1.72. The molecule has 0 aliphatic heterocycles. The van der Waals surface area contributed by atoms with Gasteiger partial charge in [-0.15, -0.1) is 11.8 Å². The summed E-state index contributed by atoms with van der Waals surface area (Å²) in [6.07, 6.45) is 2.01. The van der Waals surface area contributed by atoms with Gasteiger partial charge < -0.3 is 5.32 Å². The number of nitrogens with one attached hydrogen (secondary N) is 2. The molecule has 21 heavy (non-hydrogen) atoms. The first-order valence-electron chi connectivity index (χ1n) is 7.15. The molecule has 1 aromatic heterocycles. The van der Waals surface area contributed by atoms with E-state index in [9.17, 15) is 4.79 Å². The molecule has 1 amide bonds. The number of hydrogen-bond acceptors (Lipinski definition) is 3. The second-order valence-corrected chi connectivity index (χ2v) is 6.04. The lowest BCUT2D eigenvalue weighted by molar-refractivity contribution is -0.113. The van der Waals surface area contributed by atoms with E-state index in [-0.39, 0.29) is 5.91 Å². The number of aromatic amines is 1. The first-order valence-corrected chi connectivity index (χ1v) is 8.30. The molecular weight excluding hydrogens is 282 g/mol. The molecule has 2 aromatic rings. The highest BCUT2D eigenvalue weighted by Gasteiger charge is 2.06. The van der Waals surface area contributed by atoms with Crippen molar-refractivity contribution >= 4 is 23.5 Å². The number of carbonyl (C=O) groups excluding carboxylic acids is 1. The van der Waals surface area contributed by atoms with Crippen LogP contribution >= 0.6 is 11.8 Å². The van der Waals surface area contributed by atoms with Gasteiger partial charge >= 0.3 is 0 Å². The van der Waals surface area contributed by atoms with Crippen molar-refractivity contribution in [3.05, 3.63) is 47.2 Å². The number of nitrogens with zero attached hydrogens (tertiary/aromatic N) is 1. The van der Waals surface area contributed by atoms with Gasteiger partial charge in [0.05, 0.1) is 5.75 Å². The molecule has 2 N–H and O–H groups in total. The minimum absolute atomic E-state index is 0.0124. The van der Waals surface area contributed by atoms with Crippen molar-refractivity contribution < 1.29 is 4.79 Å². The van der Waals surface area contributed by atoms with Crippen LogP contribution in [0.4, 0.5) is 5.82 Å². The van der Waals surface area contributed by atoms with Crippen LogP contribution in [0.25, 0.3) is 0 Å². The van der Waals surface area contributed by atoms with E-state index >= 15 is 0 Å². The first-order chi connectivity index (χ1) is 10.2. The monoisotopic (exact) mass is 303 g/mol. The number of aryl methyl sites for hydroxylation is 2. The molecule has 5 heteroatoms. The molecule has 0 bridgehead atoms. The number of H-pyrrole nitrogens is 1. The summed E-state index contributed by atoms with van der Waals surface area (Å²) < 4.78 is 0. The molecule has 1 heterocycles. The van der Waals surface area contributed by atoms with Crippen molar-refractivity contribution in [1.29, 1.82) is 0 Å². The Labute approximate surface area is 129 Å². The Morgan fingerprint density at radius 2 is 2.10 bits per heavy atom. The SMILES string of the molecule is CCCc1cc(NC(=O)CSCc2ccc(C)cc2)n[nH]1. The Morgan fingerprint density at radius 1 is 1.33 bits per heavy atom. The molecule has 0 fully saturated rings. The van der Waals surface area contributed by atoms with Crippen LogP contribution in [0.3, 0.4) is 0 Å². The molecule has 1 aromatic carbocycles. The fourth-order valence-corrected chi connectivity index (χ4v) is 2.74. The van der Waals surface area contributed by atoms with Gasteiger partial charge in [-0.2, -0.15) is 5.10 Å². The number of aromatic nitrogens is 2. The standard InChI is InChI=1S/C16H21N3OS/c1-3-4-14-9-15(19-18-14)17-16(20)11-21-10-13-7-5-12(2)6-8-13/h5-9H,3-4,10-11H2,1-2H3,(H2,17,18,19,20). The Hall–Kier alpha value is -1.75. The van der Waals surface area contributed by atoms with Crippen LogP contribution in [0.5, 0.6) is 0 Å². The van der Waals surface area contributed by atoms with Crippen molar-refractivity contribution in [3.8, 4) is 0 Å². The molecule has 0 atom stereocenters. The maximum absolute atomic E-state index is 11.8. The average molecular weight is 303 g/mol. The highest BCUT2D eigenvalue weighted by atomic mass is 32.2. The summed E-state index contributed by atoms with van der Waals surface area (Å²) in [5.41, 5.74) is 3.55. The van der Waals surface area contributed by atoms with Gasteiger partial charge in [0.25, 0.3) is 0 Å². The van der Waals surface area contributed by atoms with Crippen LogP contribution in [0, 0.1) is 6.92 Å². The van der Waals surface area contributed by atoms with E-state index in [1.54, 1.807) is 11.8 Å². The average Bonchev–Trinajstić information content (AvgIpc) is 2.89. The quantitative estimate of drug-likeness (QED) is 0.822. The molecule has 0 radical (unpaired) electrons. The molecule has 4 nitrogen and oxygen atoms in total.